The summed E-state index contributed by atoms with van der Waals surface area (Å²) in [5.74, 6) is 5.89. The molecular formula is C35H52O4. The molecule has 0 aliphatic heterocycles. The minimum atomic E-state index is -0.371. The van der Waals surface area contributed by atoms with Gasteiger partial charge in [0, 0.05) is 17.1 Å². The maximum atomic E-state index is 13.1. The fourth-order valence-electron chi connectivity index (χ4n) is 11.8. The maximum absolute atomic E-state index is 13.1. The van der Waals surface area contributed by atoms with Gasteiger partial charge in [0.15, 0.2) is 0 Å². The van der Waals surface area contributed by atoms with Crippen molar-refractivity contribution in [3.05, 3.63) is 24.3 Å². The van der Waals surface area contributed by atoms with E-state index in [1.54, 1.807) is 13.8 Å². The highest BCUT2D eigenvalue weighted by Crippen LogP contribution is 2.66. The molecule has 7 atom stereocenters. The van der Waals surface area contributed by atoms with E-state index in [0.29, 0.717) is 52.6 Å². The van der Waals surface area contributed by atoms with E-state index >= 15 is 0 Å². The average molecular weight is 537 g/mol. The number of hydrogen-bond donors (Lipinski definition) is 0. The van der Waals surface area contributed by atoms with Crippen LogP contribution in [0.2, 0.25) is 0 Å². The summed E-state index contributed by atoms with van der Waals surface area (Å²) in [6, 6.07) is 0. The Balaban J connectivity index is 1.26. The van der Waals surface area contributed by atoms with Crippen LogP contribution in [0.4, 0.5) is 0 Å². The van der Waals surface area contributed by atoms with Crippen molar-refractivity contribution in [2.75, 3.05) is 0 Å². The van der Waals surface area contributed by atoms with Gasteiger partial charge in [0.1, 0.15) is 11.2 Å². The summed E-state index contributed by atoms with van der Waals surface area (Å²) in [6.45, 7) is 18.4. The number of rotatable bonds is 9. The van der Waals surface area contributed by atoms with Crippen molar-refractivity contribution >= 4 is 11.9 Å². The molecule has 8 aliphatic carbocycles. The Morgan fingerprint density at radius 2 is 1.21 bits per heavy atom. The molecule has 0 heterocycles. The van der Waals surface area contributed by atoms with Crippen molar-refractivity contribution in [1.82, 2.24) is 0 Å². The van der Waals surface area contributed by atoms with Crippen LogP contribution in [0.5, 0.6) is 0 Å². The van der Waals surface area contributed by atoms with Gasteiger partial charge < -0.3 is 9.47 Å². The quantitative estimate of drug-likeness (QED) is 0.222. The van der Waals surface area contributed by atoms with E-state index in [1.165, 1.54) is 57.8 Å². The van der Waals surface area contributed by atoms with Crippen LogP contribution in [-0.2, 0) is 19.1 Å². The highest BCUT2D eigenvalue weighted by molar-refractivity contribution is 5.87. The van der Waals surface area contributed by atoms with Crippen LogP contribution < -0.4 is 0 Å². The Labute approximate surface area is 236 Å². The van der Waals surface area contributed by atoms with Gasteiger partial charge in [0.05, 0.1) is 0 Å². The van der Waals surface area contributed by atoms with Gasteiger partial charge in [0.2, 0.25) is 0 Å². The van der Waals surface area contributed by atoms with Crippen LogP contribution in [0.3, 0.4) is 0 Å². The van der Waals surface area contributed by atoms with Crippen LogP contribution in [0.1, 0.15) is 105 Å². The van der Waals surface area contributed by atoms with E-state index in [1.807, 2.05) is 0 Å². The lowest BCUT2D eigenvalue weighted by atomic mass is 9.43. The van der Waals surface area contributed by atoms with E-state index in [-0.39, 0.29) is 23.1 Å². The number of hydrogen-bond acceptors (Lipinski definition) is 4. The maximum Gasteiger partial charge on any atom is 0.333 e. The van der Waals surface area contributed by atoms with Gasteiger partial charge >= 0.3 is 11.9 Å². The number of carbonyl (C=O) groups is 2. The minimum absolute atomic E-state index is 0.186. The van der Waals surface area contributed by atoms with E-state index in [0.717, 1.165) is 36.5 Å². The fraction of sp³-hybridized carbons (Fsp3) is 0.829. The first-order chi connectivity index (χ1) is 18.5. The van der Waals surface area contributed by atoms with Crippen LogP contribution >= 0.6 is 0 Å². The van der Waals surface area contributed by atoms with Gasteiger partial charge in [-0.25, -0.2) is 9.59 Å². The Kier molecular flexibility index (Phi) is 6.90. The summed E-state index contributed by atoms with van der Waals surface area (Å²) in [5.41, 5.74) is 0.329. The first kappa shape index (κ1) is 27.6. The third-order valence-corrected chi connectivity index (χ3v) is 13.0. The highest BCUT2D eigenvalue weighted by atomic mass is 16.6. The molecule has 39 heavy (non-hydrogen) atoms. The fourth-order valence-corrected chi connectivity index (χ4v) is 11.8. The molecule has 4 heteroatoms. The SMILES string of the molecule is C=C(C)C(=O)OC1(C(C)CCC2C3CC4CC(C3)C(OC(=O)C(=C)C)(C(C)C)C2C4)C2CC3CC(C2)CC1C3. The Morgan fingerprint density at radius 1 is 0.718 bits per heavy atom. The average Bonchev–Trinajstić information content (AvgIpc) is 2.86. The second kappa shape index (κ2) is 9.76. The summed E-state index contributed by atoms with van der Waals surface area (Å²) >= 11 is 0. The van der Waals surface area contributed by atoms with Crippen molar-refractivity contribution in [2.24, 2.45) is 65.1 Å². The van der Waals surface area contributed by atoms with E-state index in [9.17, 15) is 9.59 Å². The molecule has 8 bridgehead atoms. The standard InChI is InChI=1S/C35H52O4/c1-19(2)32(36)38-34(21(5)6)29-16-25-11-26(18-29)30(31(34)17-25)9-8-22(7)35(39-33(37)20(3)4)27-12-23-10-24(14-27)15-28(35)13-23/h21-31H,1,3,8-18H2,2,4-7H3. The molecule has 0 N–H and O–H groups in total. The van der Waals surface area contributed by atoms with Crippen LogP contribution in [0, 0.1) is 65.1 Å². The smallest absolute Gasteiger partial charge is 0.333 e. The van der Waals surface area contributed by atoms with E-state index in [2.05, 4.69) is 33.9 Å². The number of carbonyl (C=O) groups excluding carboxylic acids is 2. The minimum Gasteiger partial charge on any atom is -0.455 e. The molecule has 0 aromatic carbocycles. The van der Waals surface area contributed by atoms with Crippen molar-refractivity contribution < 1.29 is 19.1 Å². The zero-order valence-electron chi connectivity index (χ0n) is 25.2. The van der Waals surface area contributed by atoms with Gasteiger partial charge in [-0.05, 0) is 144 Å². The van der Waals surface area contributed by atoms with E-state index in [4.69, 9.17) is 9.47 Å². The lowest BCUT2D eigenvalue weighted by molar-refractivity contribution is -0.242. The van der Waals surface area contributed by atoms with Gasteiger partial charge in [-0.3, -0.25) is 0 Å². The summed E-state index contributed by atoms with van der Waals surface area (Å²) in [5, 5.41) is 0. The summed E-state index contributed by atoms with van der Waals surface area (Å²) in [4.78, 5) is 26.1. The molecule has 8 rings (SSSR count). The van der Waals surface area contributed by atoms with Crippen molar-refractivity contribution in [3.8, 4) is 0 Å². The van der Waals surface area contributed by atoms with Crippen LogP contribution in [0.15, 0.2) is 24.3 Å². The van der Waals surface area contributed by atoms with Gasteiger partial charge in [-0.1, -0.05) is 33.9 Å². The monoisotopic (exact) mass is 536 g/mol. The molecule has 216 valence electrons. The Hall–Kier alpha value is -1.58. The third-order valence-electron chi connectivity index (χ3n) is 13.0. The van der Waals surface area contributed by atoms with Gasteiger partial charge in [-0.2, -0.15) is 0 Å². The second-order valence-electron chi connectivity index (χ2n) is 15.5. The molecule has 8 fully saturated rings. The molecule has 0 radical (unpaired) electrons. The number of ether oxygens (including phenoxy) is 2. The first-order valence-corrected chi connectivity index (χ1v) is 16.2. The van der Waals surface area contributed by atoms with Gasteiger partial charge in [-0.15, -0.1) is 0 Å². The first-order valence-electron chi connectivity index (χ1n) is 16.2. The van der Waals surface area contributed by atoms with E-state index < -0.39 is 0 Å². The molecule has 8 saturated carbocycles. The Bertz CT molecular complexity index is 1010. The molecule has 8 aliphatic rings. The lowest BCUT2D eigenvalue weighted by Crippen LogP contribution is -2.66. The van der Waals surface area contributed by atoms with Crippen molar-refractivity contribution in [1.29, 1.82) is 0 Å². The topological polar surface area (TPSA) is 52.6 Å². The second-order valence-corrected chi connectivity index (χ2v) is 15.5. The predicted octanol–water partition coefficient (Wildman–Crippen LogP) is 7.91. The van der Waals surface area contributed by atoms with Crippen molar-refractivity contribution in [2.45, 2.75) is 116 Å². The van der Waals surface area contributed by atoms with Crippen LogP contribution in [-0.4, -0.2) is 23.1 Å². The zero-order valence-corrected chi connectivity index (χ0v) is 25.2. The zero-order chi connectivity index (χ0) is 27.9. The molecule has 0 aromatic rings. The molecule has 7 unspecified atom stereocenters. The normalized spacial score (nSPS) is 45.8. The summed E-state index contributed by atoms with van der Waals surface area (Å²) < 4.78 is 13.2. The lowest BCUT2D eigenvalue weighted by Gasteiger charge is -2.65. The predicted molar refractivity (Wildman–Crippen MR) is 153 cm³/mol. The largest absolute Gasteiger partial charge is 0.455 e. The molecule has 0 amide bonds. The molecule has 0 aromatic heterocycles. The molecular weight excluding hydrogens is 484 g/mol. The third kappa shape index (κ3) is 4.19. The van der Waals surface area contributed by atoms with Crippen LogP contribution in [0.25, 0.3) is 0 Å². The summed E-state index contributed by atoms with van der Waals surface area (Å²) in [6.07, 6.45) is 13.5. The van der Waals surface area contributed by atoms with Crippen molar-refractivity contribution in [3.63, 3.8) is 0 Å². The Morgan fingerprint density at radius 3 is 1.72 bits per heavy atom. The molecule has 0 spiro atoms. The molecule has 0 saturated heterocycles. The highest BCUT2D eigenvalue weighted by Gasteiger charge is 2.65. The summed E-state index contributed by atoms with van der Waals surface area (Å²) in [7, 11) is 0. The molecule has 4 nitrogen and oxygen atoms in total. The van der Waals surface area contributed by atoms with Gasteiger partial charge in [0.25, 0.3) is 0 Å². The number of esters is 2.